The van der Waals surface area contributed by atoms with E-state index in [0.29, 0.717) is 6.04 Å². The first kappa shape index (κ1) is 22.8. The highest BCUT2D eigenvalue weighted by Gasteiger charge is 2.29. The Balaban J connectivity index is 1.23. The third-order valence-electron chi connectivity index (χ3n) is 4.97. The van der Waals surface area contributed by atoms with Crippen molar-refractivity contribution in [2.75, 3.05) is 38.2 Å². The van der Waals surface area contributed by atoms with Crippen LogP contribution in [0.1, 0.15) is 10.9 Å². The topological polar surface area (TPSA) is 75.8 Å². The molecular weight excluding hydrogens is 452 g/mol. The predicted octanol–water partition coefficient (Wildman–Crippen LogP) is 3.67. The first-order valence-electron chi connectivity index (χ1n) is 9.97. The van der Waals surface area contributed by atoms with Gasteiger partial charge >= 0.3 is 0 Å². The molecule has 2 heterocycles. The van der Waals surface area contributed by atoms with Crippen molar-refractivity contribution >= 4 is 41.0 Å². The molecule has 4 atom stereocenters. The van der Waals surface area contributed by atoms with E-state index in [2.05, 4.69) is 33.6 Å². The second-order valence-electron chi connectivity index (χ2n) is 7.04. The van der Waals surface area contributed by atoms with E-state index in [4.69, 9.17) is 14.2 Å². The van der Waals surface area contributed by atoms with Crippen molar-refractivity contribution in [2.24, 2.45) is 0 Å². The molecule has 0 radical (unpaired) electrons. The van der Waals surface area contributed by atoms with Crippen molar-refractivity contribution in [3.8, 4) is 17.2 Å². The van der Waals surface area contributed by atoms with Crippen LogP contribution in [0.25, 0.3) is 0 Å². The first-order chi connectivity index (χ1) is 15.2. The molecule has 7 nitrogen and oxygen atoms in total. The molecule has 2 aliphatic rings. The predicted molar refractivity (Wildman–Crippen MR) is 132 cm³/mol. The third kappa shape index (κ3) is 5.88. The van der Waals surface area contributed by atoms with Gasteiger partial charge in [-0.1, -0.05) is 23.9 Å². The molecule has 4 unspecified atom stereocenters. The summed E-state index contributed by atoms with van der Waals surface area (Å²) in [5.74, 6) is 4.50. The number of methoxy groups -OCH3 is 3. The van der Waals surface area contributed by atoms with E-state index >= 15 is 0 Å². The summed E-state index contributed by atoms with van der Waals surface area (Å²) in [5, 5.41) is 7.49. The number of benzene rings is 2. The Labute approximate surface area is 196 Å². The monoisotopic (exact) mass is 480 g/mol. The fourth-order valence-electron chi connectivity index (χ4n) is 3.38. The Hall–Kier alpha value is -1.43. The molecule has 0 aliphatic carbocycles. The number of hydrogen-bond donors (Lipinski definition) is 4. The number of anilines is 1. The summed E-state index contributed by atoms with van der Waals surface area (Å²) in [5.41, 5.74) is 9.04. The number of ether oxygens (including phenoxy) is 3. The highest BCUT2D eigenvalue weighted by atomic mass is 32.2. The molecule has 31 heavy (non-hydrogen) atoms. The normalized spacial score (nSPS) is 25.4. The molecule has 0 bridgehead atoms. The Morgan fingerprint density at radius 3 is 2.71 bits per heavy atom. The summed E-state index contributed by atoms with van der Waals surface area (Å²) in [7, 11) is 5.02. The average molecular weight is 481 g/mol. The summed E-state index contributed by atoms with van der Waals surface area (Å²) in [6, 6.07) is 14.6. The zero-order valence-electron chi connectivity index (χ0n) is 17.7. The maximum atomic E-state index is 5.45. The Morgan fingerprint density at radius 1 is 1.03 bits per heavy atom. The van der Waals surface area contributed by atoms with Gasteiger partial charge in [0.15, 0.2) is 11.5 Å². The van der Waals surface area contributed by atoms with E-state index in [-0.39, 0.29) is 15.6 Å². The van der Waals surface area contributed by atoms with E-state index in [1.165, 1.54) is 5.56 Å². The molecule has 168 valence electrons. The van der Waals surface area contributed by atoms with Gasteiger partial charge in [-0.3, -0.25) is 5.32 Å². The molecule has 4 rings (SSSR count). The molecule has 2 aromatic rings. The molecule has 2 fully saturated rings. The molecule has 2 aliphatic heterocycles. The lowest BCUT2D eigenvalue weighted by molar-refractivity contribution is 0.354. The highest BCUT2D eigenvalue weighted by molar-refractivity contribution is 8.17. The lowest BCUT2D eigenvalue weighted by atomic mass is 10.2. The van der Waals surface area contributed by atoms with Crippen LogP contribution in [-0.4, -0.2) is 49.1 Å². The van der Waals surface area contributed by atoms with Crippen molar-refractivity contribution in [1.29, 1.82) is 0 Å². The molecular formula is C21H28N4O3S3. The minimum atomic E-state index is 0.107. The summed E-state index contributed by atoms with van der Waals surface area (Å²) in [4.78, 5) is 0. The van der Waals surface area contributed by atoms with E-state index < -0.39 is 0 Å². The average Bonchev–Trinajstić information content (AvgIpc) is 3.47. The Bertz CT molecular complexity index is 876. The molecule has 2 aromatic carbocycles. The summed E-state index contributed by atoms with van der Waals surface area (Å²) >= 11 is 5.69. The zero-order valence-corrected chi connectivity index (χ0v) is 20.2. The quantitative estimate of drug-likeness (QED) is 0.427. The fraction of sp³-hybridized carbons (Fsp3) is 0.429. The van der Waals surface area contributed by atoms with Gasteiger partial charge in [-0.2, -0.15) is 0 Å². The van der Waals surface area contributed by atoms with E-state index in [1.807, 2.05) is 65.6 Å². The van der Waals surface area contributed by atoms with Gasteiger partial charge in [0.1, 0.15) is 16.0 Å². The van der Waals surface area contributed by atoms with Gasteiger partial charge in [0, 0.05) is 29.3 Å². The molecule has 2 saturated heterocycles. The maximum absolute atomic E-state index is 5.45. The van der Waals surface area contributed by atoms with Crippen LogP contribution in [-0.2, 0) is 0 Å². The minimum Gasteiger partial charge on any atom is -0.497 e. The van der Waals surface area contributed by atoms with Gasteiger partial charge in [0.05, 0.1) is 26.7 Å². The molecule has 10 heteroatoms. The number of hydrazine groups is 1. The maximum Gasteiger partial charge on any atom is 0.161 e. The van der Waals surface area contributed by atoms with E-state index in [0.717, 1.165) is 34.4 Å². The van der Waals surface area contributed by atoms with Gasteiger partial charge in [-0.25, -0.2) is 10.9 Å². The van der Waals surface area contributed by atoms with Crippen LogP contribution < -0.4 is 35.7 Å². The molecule has 4 N–H and O–H groups in total. The lowest BCUT2D eigenvalue weighted by Crippen LogP contribution is -2.36. The Morgan fingerprint density at radius 2 is 1.90 bits per heavy atom. The standard InChI is InChI=1S/C21H28N4O3S3/c1-26-16-6-4-5-14(10-16)23-20-24-25-21(31-20)30-12-15-11-29-19(22-15)13-7-8-17(27-2)18(9-13)28-3/h4-10,15,19-25H,11-12H2,1-3H3. The SMILES string of the molecule is COc1cccc(NC2NNC(SCC3CSC(c4ccc(OC)c(OC)c4)N3)S2)c1. The molecule has 0 aromatic heterocycles. The summed E-state index contributed by atoms with van der Waals surface area (Å²) in [6.45, 7) is 0. The number of nitrogens with one attached hydrogen (secondary N) is 4. The molecule has 0 amide bonds. The smallest absolute Gasteiger partial charge is 0.161 e. The zero-order chi connectivity index (χ0) is 21.6. The molecule has 0 spiro atoms. The summed E-state index contributed by atoms with van der Waals surface area (Å²) in [6.07, 6.45) is 0. The third-order valence-corrected chi connectivity index (χ3v) is 8.94. The Kier molecular flexibility index (Phi) is 8.02. The minimum absolute atomic E-state index is 0.107. The van der Waals surface area contributed by atoms with Crippen LogP contribution >= 0.6 is 35.3 Å². The van der Waals surface area contributed by atoms with Gasteiger partial charge in [0.2, 0.25) is 0 Å². The summed E-state index contributed by atoms with van der Waals surface area (Å²) < 4.78 is 16.4. The second-order valence-corrected chi connectivity index (χ2v) is 10.8. The van der Waals surface area contributed by atoms with Crippen molar-refractivity contribution in [2.45, 2.75) is 21.6 Å². The number of thioether (sulfide) groups is 3. The van der Waals surface area contributed by atoms with Crippen LogP contribution in [0.4, 0.5) is 5.69 Å². The lowest BCUT2D eigenvalue weighted by Gasteiger charge is -2.17. The fourth-order valence-corrected chi connectivity index (χ4v) is 7.18. The largest absolute Gasteiger partial charge is 0.497 e. The highest BCUT2D eigenvalue weighted by Crippen LogP contribution is 2.39. The van der Waals surface area contributed by atoms with Crippen molar-refractivity contribution < 1.29 is 14.2 Å². The molecule has 0 saturated carbocycles. The van der Waals surface area contributed by atoms with Gasteiger partial charge in [-0.05, 0) is 29.8 Å². The number of hydrogen-bond acceptors (Lipinski definition) is 10. The first-order valence-corrected chi connectivity index (χ1v) is 13.0. The van der Waals surface area contributed by atoms with Crippen molar-refractivity contribution in [1.82, 2.24) is 16.2 Å². The van der Waals surface area contributed by atoms with Crippen molar-refractivity contribution in [3.63, 3.8) is 0 Å². The van der Waals surface area contributed by atoms with Gasteiger partial charge in [0.25, 0.3) is 0 Å². The van der Waals surface area contributed by atoms with Gasteiger partial charge in [-0.15, -0.1) is 23.5 Å². The van der Waals surface area contributed by atoms with Crippen LogP contribution in [0.2, 0.25) is 0 Å². The van der Waals surface area contributed by atoms with Crippen LogP contribution in [0.3, 0.4) is 0 Å². The van der Waals surface area contributed by atoms with E-state index in [9.17, 15) is 0 Å². The van der Waals surface area contributed by atoms with Crippen molar-refractivity contribution in [3.05, 3.63) is 48.0 Å². The van der Waals surface area contributed by atoms with Gasteiger partial charge < -0.3 is 19.5 Å². The number of rotatable bonds is 9. The van der Waals surface area contributed by atoms with Crippen LogP contribution in [0.15, 0.2) is 42.5 Å². The van der Waals surface area contributed by atoms with Crippen LogP contribution in [0, 0.1) is 0 Å². The second kappa shape index (κ2) is 10.9. The van der Waals surface area contributed by atoms with Crippen LogP contribution in [0.5, 0.6) is 17.2 Å². The van der Waals surface area contributed by atoms with E-state index in [1.54, 1.807) is 21.3 Å².